The SMILES string of the molecule is COc1cccc(-c2nc3ccccn3c2NC(C)(C)CC(C)(C)C)c1. The van der Waals surface area contributed by atoms with Crippen molar-refractivity contribution >= 4 is 11.5 Å². The molecule has 2 aromatic heterocycles. The molecule has 3 aromatic rings. The summed E-state index contributed by atoms with van der Waals surface area (Å²) in [5.41, 5.74) is 3.07. The number of pyridine rings is 1. The van der Waals surface area contributed by atoms with E-state index in [2.05, 4.69) is 56.6 Å². The number of methoxy groups -OCH3 is 1. The number of fused-ring (bicyclic) bond motifs is 1. The Morgan fingerprint density at radius 3 is 2.50 bits per heavy atom. The quantitative estimate of drug-likeness (QED) is 0.647. The average Bonchev–Trinajstić information content (AvgIpc) is 2.91. The molecule has 1 aromatic carbocycles. The molecule has 2 heterocycles. The fourth-order valence-electron chi connectivity index (χ4n) is 3.78. The van der Waals surface area contributed by atoms with E-state index < -0.39 is 0 Å². The van der Waals surface area contributed by atoms with Crippen molar-refractivity contribution in [3.8, 4) is 17.0 Å². The molecule has 0 spiro atoms. The third-order valence-electron chi connectivity index (χ3n) is 4.30. The van der Waals surface area contributed by atoms with Crippen molar-refractivity contribution in [1.29, 1.82) is 0 Å². The van der Waals surface area contributed by atoms with E-state index in [9.17, 15) is 0 Å². The van der Waals surface area contributed by atoms with Crippen LogP contribution in [-0.4, -0.2) is 22.0 Å². The lowest BCUT2D eigenvalue weighted by atomic mass is 9.82. The van der Waals surface area contributed by atoms with Crippen molar-refractivity contribution in [2.75, 3.05) is 12.4 Å². The maximum absolute atomic E-state index is 5.40. The van der Waals surface area contributed by atoms with E-state index in [1.807, 2.05) is 36.4 Å². The Bertz CT molecular complexity index is 903. The number of rotatable bonds is 5. The van der Waals surface area contributed by atoms with Gasteiger partial charge < -0.3 is 10.1 Å². The number of ether oxygens (including phenoxy) is 1. The Balaban J connectivity index is 2.11. The van der Waals surface area contributed by atoms with Crippen molar-refractivity contribution < 1.29 is 4.74 Å². The van der Waals surface area contributed by atoms with Gasteiger partial charge in [-0.3, -0.25) is 4.40 Å². The summed E-state index contributed by atoms with van der Waals surface area (Å²) in [6, 6.07) is 14.1. The lowest BCUT2D eigenvalue weighted by molar-refractivity contribution is 0.302. The Morgan fingerprint density at radius 1 is 1.04 bits per heavy atom. The minimum atomic E-state index is -0.0718. The van der Waals surface area contributed by atoms with Gasteiger partial charge in [0, 0.05) is 17.3 Å². The van der Waals surface area contributed by atoms with Crippen LogP contribution in [-0.2, 0) is 0 Å². The number of anilines is 1. The van der Waals surface area contributed by atoms with Crippen LogP contribution in [0.5, 0.6) is 5.75 Å². The van der Waals surface area contributed by atoms with Crippen LogP contribution in [0.2, 0.25) is 0 Å². The summed E-state index contributed by atoms with van der Waals surface area (Å²) in [6.45, 7) is 11.3. The summed E-state index contributed by atoms with van der Waals surface area (Å²) < 4.78 is 7.53. The molecule has 0 radical (unpaired) electrons. The summed E-state index contributed by atoms with van der Waals surface area (Å²) in [6.07, 6.45) is 3.10. The molecule has 0 aliphatic carbocycles. The molecule has 0 saturated carbocycles. The van der Waals surface area contributed by atoms with Crippen molar-refractivity contribution in [3.05, 3.63) is 48.7 Å². The Labute approximate surface area is 156 Å². The molecule has 4 heteroatoms. The first-order valence-corrected chi connectivity index (χ1v) is 9.08. The maximum atomic E-state index is 5.40. The molecule has 0 amide bonds. The lowest BCUT2D eigenvalue weighted by Gasteiger charge is -2.34. The number of aromatic nitrogens is 2. The Kier molecular flexibility index (Phi) is 4.70. The molecule has 0 atom stereocenters. The first kappa shape index (κ1) is 18.3. The number of hydrogen-bond acceptors (Lipinski definition) is 3. The summed E-state index contributed by atoms with van der Waals surface area (Å²) in [5.74, 6) is 1.85. The number of imidazole rings is 1. The second-order valence-corrected chi connectivity index (χ2v) is 8.72. The summed E-state index contributed by atoms with van der Waals surface area (Å²) in [5, 5.41) is 3.76. The highest BCUT2D eigenvalue weighted by Gasteiger charge is 2.28. The molecule has 0 fully saturated rings. The molecule has 1 N–H and O–H groups in total. The third kappa shape index (κ3) is 4.01. The Hall–Kier alpha value is -2.49. The van der Waals surface area contributed by atoms with Crippen LogP contribution in [0.3, 0.4) is 0 Å². The van der Waals surface area contributed by atoms with Gasteiger partial charge in [-0.2, -0.15) is 0 Å². The molecule has 0 saturated heterocycles. The van der Waals surface area contributed by atoms with Crippen molar-refractivity contribution in [2.24, 2.45) is 5.41 Å². The number of hydrogen-bond donors (Lipinski definition) is 1. The van der Waals surface area contributed by atoms with Crippen LogP contribution < -0.4 is 10.1 Å². The van der Waals surface area contributed by atoms with E-state index in [4.69, 9.17) is 9.72 Å². The van der Waals surface area contributed by atoms with Crippen LogP contribution >= 0.6 is 0 Å². The number of nitrogens with zero attached hydrogens (tertiary/aromatic N) is 2. The predicted molar refractivity (Wildman–Crippen MR) is 109 cm³/mol. The van der Waals surface area contributed by atoms with E-state index in [0.717, 1.165) is 34.9 Å². The van der Waals surface area contributed by atoms with Gasteiger partial charge in [-0.1, -0.05) is 39.0 Å². The fraction of sp³-hybridized carbons (Fsp3) is 0.409. The van der Waals surface area contributed by atoms with E-state index >= 15 is 0 Å². The molecule has 4 nitrogen and oxygen atoms in total. The molecule has 0 unspecified atom stereocenters. The highest BCUT2D eigenvalue weighted by molar-refractivity contribution is 5.77. The molecule has 138 valence electrons. The molecular formula is C22H29N3O. The van der Waals surface area contributed by atoms with Gasteiger partial charge in [-0.05, 0) is 49.9 Å². The van der Waals surface area contributed by atoms with E-state index in [-0.39, 0.29) is 11.0 Å². The molecular weight excluding hydrogens is 322 g/mol. The molecule has 0 aliphatic rings. The van der Waals surface area contributed by atoms with Crippen LogP contribution in [0, 0.1) is 5.41 Å². The molecule has 3 rings (SSSR count). The van der Waals surface area contributed by atoms with Gasteiger partial charge in [0.05, 0.1) is 7.11 Å². The summed E-state index contributed by atoms with van der Waals surface area (Å²) in [4.78, 5) is 4.88. The maximum Gasteiger partial charge on any atom is 0.139 e. The molecule has 0 aliphatic heterocycles. The fourth-order valence-corrected chi connectivity index (χ4v) is 3.78. The molecule has 26 heavy (non-hydrogen) atoms. The first-order valence-electron chi connectivity index (χ1n) is 9.08. The monoisotopic (exact) mass is 351 g/mol. The van der Waals surface area contributed by atoms with Gasteiger partial charge in [0.2, 0.25) is 0 Å². The summed E-state index contributed by atoms with van der Waals surface area (Å²) >= 11 is 0. The lowest BCUT2D eigenvalue weighted by Crippen LogP contribution is -2.36. The van der Waals surface area contributed by atoms with Crippen LogP contribution in [0.15, 0.2) is 48.7 Å². The van der Waals surface area contributed by atoms with E-state index in [0.29, 0.717) is 0 Å². The zero-order valence-electron chi connectivity index (χ0n) is 16.6. The number of benzene rings is 1. The van der Waals surface area contributed by atoms with Crippen LogP contribution in [0.1, 0.15) is 41.0 Å². The van der Waals surface area contributed by atoms with Gasteiger partial charge in [-0.15, -0.1) is 0 Å². The van der Waals surface area contributed by atoms with Crippen LogP contribution in [0.25, 0.3) is 16.9 Å². The smallest absolute Gasteiger partial charge is 0.139 e. The van der Waals surface area contributed by atoms with Gasteiger partial charge in [-0.25, -0.2) is 4.98 Å². The van der Waals surface area contributed by atoms with Gasteiger partial charge >= 0.3 is 0 Å². The van der Waals surface area contributed by atoms with E-state index in [1.54, 1.807) is 7.11 Å². The zero-order chi connectivity index (χ0) is 18.9. The first-order chi connectivity index (χ1) is 12.2. The summed E-state index contributed by atoms with van der Waals surface area (Å²) in [7, 11) is 1.69. The minimum Gasteiger partial charge on any atom is -0.497 e. The van der Waals surface area contributed by atoms with Crippen molar-refractivity contribution in [1.82, 2.24) is 9.38 Å². The molecule has 0 bridgehead atoms. The van der Waals surface area contributed by atoms with Gasteiger partial charge in [0.25, 0.3) is 0 Å². The van der Waals surface area contributed by atoms with Gasteiger partial charge in [0.15, 0.2) is 0 Å². The van der Waals surface area contributed by atoms with Crippen molar-refractivity contribution in [2.45, 2.75) is 46.6 Å². The second-order valence-electron chi connectivity index (χ2n) is 8.72. The standard InChI is InChI=1S/C22H29N3O/c1-21(2,3)15-22(4,5)24-20-19(16-10-9-11-17(14-16)26-6)23-18-12-7-8-13-25(18)20/h7-14,24H,15H2,1-6H3. The van der Waals surface area contributed by atoms with Gasteiger partial charge in [0.1, 0.15) is 22.9 Å². The highest BCUT2D eigenvalue weighted by atomic mass is 16.5. The predicted octanol–water partition coefficient (Wildman–Crippen LogP) is 5.64. The topological polar surface area (TPSA) is 38.6 Å². The highest BCUT2D eigenvalue weighted by Crippen LogP contribution is 2.35. The minimum absolute atomic E-state index is 0.0718. The zero-order valence-corrected chi connectivity index (χ0v) is 16.6. The van der Waals surface area contributed by atoms with E-state index in [1.165, 1.54) is 0 Å². The van der Waals surface area contributed by atoms with Crippen molar-refractivity contribution in [3.63, 3.8) is 0 Å². The largest absolute Gasteiger partial charge is 0.497 e. The number of nitrogens with one attached hydrogen (secondary N) is 1. The normalized spacial score (nSPS) is 12.4. The average molecular weight is 351 g/mol. The second kappa shape index (κ2) is 6.67. The van der Waals surface area contributed by atoms with Crippen LogP contribution in [0.4, 0.5) is 5.82 Å². The third-order valence-corrected chi connectivity index (χ3v) is 4.30. The Morgan fingerprint density at radius 2 is 1.81 bits per heavy atom.